The van der Waals surface area contributed by atoms with Crippen molar-refractivity contribution >= 4 is 34.6 Å². The number of halogens is 1. The second-order valence-corrected chi connectivity index (χ2v) is 5.48. The summed E-state index contributed by atoms with van der Waals surface area (Å²) in [7, 11) is 1.36. The highest BCUT2D eigenvalue weighted by Gasteiger charge is 2.15. The second kappa shape index (κ2) is 6.08. The SMILES string of the molecule is COC(=O)c1ccc(Cl)cc1NC(C)c1cccs1. The Morgan fingerprint density at radius 2 is 2.21 bits per heavy atom. The monoisotopic (exact) mass is 295 g/mol. The van der Waals surface area contributed by atoms with Gasteiger partial charge in [-0.25, -0.2) is 4.79 Å². The van der Waals surface area contributed by atoms with Crippen molar-refractivity contribution < 1.29 is 9.53 Å². The van der Waals surface area contributed by atoms with E-state index < -0.39 is 0 Å². The molecule has 0 aliphatic rings. The Morgan fingerprint density at radius 1 is 1.42 bits per heavy atom. The molecule has 0 bridgehead atoms. The Hall–Kier alpha value is -1.52. The topological polar surface area (TPSA) is 38.3 Å². The predicted molar refractivity (Wildman–Crippen MR) is 79.1 cm³/mol. The summed E-state index contributed by atoms with van der Waals surface area (Å²) in [6.07, 6.45) is 0. The molecule has 0 aliphatic carbocycles. The van der Waals surface area contributed by atoms with Crippen LogP contribution in [0.1, 0.15) is 28.2 Å². The quantitative estimate of drug-likeness (QED) is 0.852. The van der Waals surface area contributed by atoms with Crippen molar-refractivity contribution in [3.63, 3.8) is 0 Å². The largest absolute Gasteiger partial charge is 0.465 e. The molecule has 1 unspecified atom stereocenters. The molecule has 0 saturated carbocycles. The molecule has 0 fully saturated rings. The fourth-order valence-electron chi connectivity index (χ4n) is 1.77. The van der Waals surface area contributed by atoms with Gasteiger partial charge in [0.15, 0.2) is 0 Å². The maximum atomic E-state index is 11.7. The van der Waals surface area contributed by atoms with Crippen LogP contribution in [0, 0.1) is 0 Å². The van der Waals surface area contributed by atoms with Crippen LogP contribution in [0.3, 0.4) is 0 Å². The molecule has 2 rings (SSSR count). The summed E-state index contributed by atoms with van der Waals surface area (Å²) >= 11 is 7.65. The first-order chi connectivity index (χ1) is 9.11. The zero-order valence-corrected chi connectivity index (χ0v) is 12.2. The Morgan fingerprint density at radius 3 is 2.84 bits per heavy atom. The van der Waals surface area contributed by atoms with Crippen molar-refractivity contribution in [2.45, 2.75) is 13.0 Å². The predicted octanol–water partition coefficient (Wildman–Crippen LogP) is 4.36. The van der Waals surface area contributed by atoms with Gasteiger partial charge in [-0.1, -0.05) is 17.7 Å². The lowest BCUT2D eigenvalue weighted by Crippen LogP contribution is -2.11. The lowest BCUT2D eigenvalue weighted by molar-refractivity contribution is 0.0602. The number of ether oxygens (including phenoxy) is 1. The zero-order valence-electron chi connectivity index (χ0n) is 10.6. The summed E-state index contributed by atoms with van der Waals surface area (Å²) in [6, 6.07) is 9.22. The fraction of sp³-hybridized carbons (Fsp3) is 0.214. The molecule has 1 aromatic carbocycles. The van der Waals surface area contributed by atoms with Crippen LogP contribution in [0.5, 0.6) is 0 Å². The number of esters is 1. The van der Waals surface area contributed by atoms with Crippen molar-refractivity contribution in [2.24, 2.45) is 0 Å². The molecular formula is C14H14ClNO2S. The van der Waals surface area contributed by atoms with Gasteiger partial charge in [-0.3, -0.25) is 0 Å². The number of nitrogens with one attached hydrogen (secondary N) is 1. The average molecular weight is 296 g/mol. The van der Waals surface area contributed by atoms with Gasteiger partial charge >= 0.3 is 5.97 Å². The second-order valence-electron chi connectivity index (χ2n) is 4.06. The number of carbonyl (C=O) groups is 1. The molecule has 0 aliphatic heterocycles. The number of anilines is 1. The van der Waals surface area contributed by atoms with E-state index in [-0.39, 0.29) is 12.0 Å². The van der Waals surface area contributed by atoms with Crippen LogP contribution in [-0.2, 0) is 4.74 Å². The van der Waals surface area contributed by atoms with Gasteiger partial charge in [0.1, 0.15) is 0 Å². The van der Waals surface area contributed by atoms with E-state index in [0.29, 0.717) is 16.3 Å². The van der Waals surface area contributed by atoms with Crippen molar-refractivity contribution in [3.05, 3.63) is 51.2 Å². The van der Waals surface area contributed by atoms with Crippen LogP contribution >= 0.6 is 22.9 Å². The molecule has 100 valence electrons. The van der Waals surface area contributed by atoms with E-state index in [1.54, 1.807) is 29.5 Å². The molecule has 19 heavy (non-hydrogen) atoms. The normalized spacial score (nSPS) is 11.9. The third kappa shape index (κ3) is 3.28. The van der Waals surface area contributed by atoms with Gasteiger partial charge in [-0.15, -0.1) is 11.3 Å². The average Bonchev–Trinajstić information content (AvgIpc) is 2.92. The number of benzene rings is 1. The summed E-state index contributed by atoms with van der Waals surface area (Å²) in [5.74, 6) is -0.377. The van der Waals surface area contributed by atoms with E-state index in [2.05, 4.69) is 5.32 Å². The third-order valence-electron chi connectivity index (χ3n) is 2.73. The molecular weight excluding hydrogens is 282 g/mol. The molecule has 0 amide bonds. The molecule has 2 aromatic rings. The van der Waals surface area contributed by atoms with Crippen molar-refractivity contribution in [3.8, 4) is 0 Å². The number of thiophene rings is 1. The minimum Gasteiger partial charge on any atom is -0.465 e. The van der Waals surface area contributed by atoms with Gasteiger partial charge in [0.25, 0.3) is 0 Å². The summed E-state index contributed by atoms with van der Waals surface area (Å²) in [4.78, 5) is 12.9. The summed E-state index contributed by atoms with van der Waals surface area (Å²) in [5.41, 5.74) is 1.16. The fourth-order valence-corrected chi connectivity index (χ4v) is 2.67. The number of methoxy groups -OCH3 is 1. The van der Waals surface area contributed by atoms with E-state index in [1.807, 2.05) is 24.4 Å². The van der Waals surface area contributed by atoms with Crippen molar-refractivity contribution in [1.82, 2.24) is 0 Å². The maximum Gasteiger partial charge on any atom is 0.339 e. The summed E-state index contributed by atoms with van der Waals surface area (Å²) in [5, 5.41) is 5.89. The van der Waals surface area contributed by atoms with Crippen LogP contribution in [0.15, 0.2) is 35.7 Å². The Labute approximate surface area is 121 Å². The third-order valence-corrected chi connectivity index (χ3v) is 4.02. The molecule has 1 N–H and O–H groups in total. The number of hydrogen-bond acceptors (Lipinski definition) is 4. The highest BCUT2D eigenvalue weighted by atomic mass is 35.5. The van der Waals surface area contributed by atoms with Crippen LogP contribution < -0.4 is 5.32 Å². The van der Waals surface area contributed by atoms with Gasteiger partial charge in [-0.05, 0) is 36.6 Å². The van der Waals surface area contributed by atoms with E-state index in [1.165, 1.54) is 12.0 Å². The minimum absolute atomic E-state index is 0.0990. The minimum atomic E-state index is -0.377. The molecule has 0 radical (unpaired) electrons. The van der Waals surface area contributed by atoms with E-state index in [0.717, 1.165) is 0 Å². The molecule has 3 nitrogen and oxygen atoms in total. The number of rotatable bonds is 4. The molecule has 1 atom stereocenters. The summed E-state index contributed by atoms with van der Waals surface area (Å²) < 4.78 is 4.77. The Bertz CT molecular complexity index is 569. The Kier molecular flexibility index (Phi) is 4.45. The lowest BCUT2D eigenvalue weighted by atomic mass is 10.1. The van der Waals surface area contributed by atoms with Gasteiger partial charge in [0.05, 0.1) is 24.4 Å². The highest BCUT2D eigenvalue weighted by molar-refractivity contribution is 7.10. The molecule has 5 heteroatoms. The molecule has 1 aromatic heterocycles. The molecule has 1 heterocycles. The van der Waals surface area contributed by atoms with E-state index >= 15 is 0 Å². The van der Waals surface area contributed by atoms with E-state index in [9.17, 15) is 4.79 Å². The van der Waals surface area contributed by atoms with Gasteiger partial charge in [0, 0.05) is 9.90 Å². The summed E-state index contributed by atoms with van der Waals surface area (Å²) in [6.45, 7) is 2.04. The first-order valence-corrected chi connectivity index (χ1v) is 7.05. The van der Waals surface area contributed by atoms with Crippen molar-refractivity contribution in [1.29, 1.82) is 0 Å². The van der Waals surface area contributed by atoms with E-state index in [4.69, 9.17) is 16.3 Å². The smallest absolute Gasteiger partial charge is 0.339 e. The van der Waals surface area contributed by atoms with Gasteiger partial charge in [0.2, 0.25) is 0 Å². The van der Waals surface area contributed by atoms with Gasteiger partial charge in [-0.2, -0.15) is 0 Å². The molecule has 0 spiro atoms. The van der Waals surface area contributed by atoms with Crippen LogP contribution in [0.4, 0.5) is 5.69 Å². The maximum absolute atomic E-state index is 11.7. The highest BCUT2D eigenvalue weighted by Crippen LogP contribution is 2.27. The first-order valence-electron chi connectivity index (χ1n) is 5.79. The van der Waals surface area contributed by atoms with Crippen LogP contribution in [-0.4, -0.2) is 13.1 Å². The Balaban J connectivity index is 2.28. The lowest BCUT2D eigenvalue weighted by Gasteiger charge is -2.16. The van der Waals surface area contributed by atoms with Crippen LogP contribution in [0.2, 0.25) is 5.02 Å². The first kappa shape index (κ1) is 13.9. The van der Waals surface area contributed by atoms with Gasteiger partial charge < -0.3 is 10.1 Å². The molecule has 0 saturated heterocycles. The standard InChI is InChI=1S/C14H14ClNO2S/c1-9(13-4-3-7-19-13)16-12-8-10(15)5-6-11(12)14(17)18-2/h3-9,16H,1-2H3. The van der Waals surface area contributed by atoms with Crippen LogP contribution in [0.25, 0.3) is 0 Å². The zero-order chi connectivity index (χ0) is 13.8. The van der Waals surface area contributed by atoms with Crippen molar-refractivity contribution in [2.75, 3.05) is 12.4 Å². The number of carbonyl (C=O) groups excluding carboxylic acids is 1. The number of hydrogen-bond donors (Lipinski definition) is 1.